The zero-order valence-electron chi connectivity index (χ0n) is 21.5. The summed E-state index contributed by atoms with van der Waals surface area (Å²) in [4.78, 5) is 58.2. The Balaban J connectivity index is 1.26. The van der Waals surface area contributed by atoms with Gasteiger partial charge in [0.25, 0.3) is 5.91 Å². The number of nitrogens with one attached hydrogen (secondary N) is 1. The molecule has 35 heavy (non-hydrogen) atoms. The maximum Gasteiger partial charge on any atom is 0.325 e. The number of morpholine rings is 1. The summed E-state index contributed by atoms with van der Waals surface area (Å²) in [6, 6.07) is -0.462. The van der Waals surface area contributed by atoms with E-state index in [0.29, 0.717) is 64.7 Å². The Kier molecular flexibility index (Phi) is 7.71. The van der Waals surface area contributed by atoms with Crippen LogP contribution in [0.5, 0.6) is 0 Å². The Morgan fingerprint density at radius 3 is 2.03 bits per heavy atom. The van der Waals surface area contributed by atoms with Crippen LogP contribution in [0.15, 0.2) is 0 Å². The van der Waals surface area contributed by atoms with Crippen molar-refractivity contribution in [1.29, 1.82) is 0 Å². The Labute approximate surface area is 208 Å². The van der Waals surface area contributed by atoms with Gasteiger partial charge in [0.05, 0.1) is 19.8 Å². The number of hydrogen-bond acceptors (Lipinski definition) is 6. The summed E-state index contributed by atoms with van der Waals surface area (Å²) < 4.78 is 5.33. The van der Waals surface area contributed by atoms with E-state index in [2.05, 4.69) is 31.0 Å². The van der Waals surface area contributed by atoms with Gasteiger partial charge in [0.1, 0.15) is 12.1 Å². The Morgan fingerprint density at radius 1 is 0.943 bits per heavy atom. The lowest BCUT2D eigenvalue weighted by Gasteiger charge is -2.42. The van der Waals surface area contributed by atoms with E-state index in [0.717, 1.165) is 37.3 Å². The molecule has 0 atom stereocenters. The van der Waals surface area contributed by atoms with Crippen molar-refractivity contribution in [2.45, 2.75) is 58.4 Å². The smallest absolute Gasteiger partial charge is 0.325 e. The van der Waals surface area contributed by atoms with Crippen molar-refractivity contribution in [2.24, 2.45) is 11.3 Å². The molecule has 5 amide bonds. The summed E-state index contributed by atoms with van der Waals surface area (Å²) in [7, 11) is 0. The van der Waals surface area contributed by atoms with Crippen molar-refractivity contribution in [3.05, 3.63) is 0 Å². The van der Waals surface area contributed by atoms with Crippen LogP contribution < -0.4 is 5.32 Å². The highest BCUT2D eigenvalue weighted by molar-refractivity contribution is 6.09. The third-order valence-electron chi connectivity index (χ3n) is 8.84. The van der Waals surface area contributed by atoms with Crippen LogP contribution in [0.25, 0.3) is 0 Å². The molecule has 1 spiro atoms. The molecule has 0 aromatic heterocycles. The van der Waals surface area contributed by atoms with Crippen LogP contribution in [0.3, 0.4) is 0 Å². The molecule has 3 aliphatic heterocycles. The fraction of sp³-hybridized carbons (Fsp3) is 0.840. The number of hydrogen-bond donors (Lipinski definition) is 1. The van der Waals surface area contributed by atoms with E-state index in [-0.39, 0.29) is 29.7 Å². The zero-order valence-corrected chi connectivity index (χ0v) is 21.5. The van der Waals surface area contributed by atoms with Gasteiger partial charge < -0.3 is 19.9 Å². The third kappa shape index (κ3) is 5.48. The quantitative estimate of drug-likeness (QED) is 0.554. The van der Waals surface area contributed by atoms with Crippen molar-refractivity contribution in [3.8, 4) is 0 Å². The second kappa shape index (κ2) is 10.4. The molecular weight excluding hydrogens is 450 g/mol. The predicted molar refractivity (Wildman–Crippen MR) is 129 cm³/mol. The highest BCUT2D eigenvalue weighted by atomic mass is 16.5. The molecule has 1 N–H and O–H groups in total. The number of carbonyl (C=O) groups is 4. The van der Waals surface area contributed by atoms with Gasteiger partial charge >= 0.3 is 6.03 Å². The summed E-state index contributed by atoms with van der Waals surface area (Å²) in [6.07, 6.45) is 4.13. The topological polar surface area (TPSA) is 102 Å². The molecular formula is C25H41N5O5. The van der Waals surface area contributed by atoms with Crippen LogP contribution in [0.4, 0.5) is 4.79 Å². The van der Waals surface area contributed by atoms with Gasteiger partial charge in [0.15, 0.2) is 0 Å². The average molecular weight is 492 g/mol. The SMILES string of the molecule is CCC(C)(C)C1CCC2(CC1)NC(=O)N(CC(=O)N1CCN(C(=O)CN3CCOCC3)CC1)C2=O. The van der Waals surface area contributed by atoms with Gasteiger partial charge in [-0.25, -0.2) is 4.79 Å². The van der Waals surface area contributed by atoms with E-state index in [1.165, 1.54) is 0 Å². The molecule has 10 heteroatoms. The maximum atomic E-state index is 13.3. The third-order valence-corrected chi connectivity index (χ3v) is 8.84. The van der Waals surface area contributed by atoms with Crippen LogP contribution in [-0.2, 0) is 19.1 Å². The fourth-order valence-corrected chi connectivity index (χ4v) is 5.83. The van der Waals surface area contributed by atoms with Crippen molar-refractivity contribution < 1.29 is 23.9 Å². The Bertz CT molecular complexity index is 824. The monoisotopic (exact) mass is 491 g/mol. The van der Waals surface area contributed by atoms with Crippen molar-refractivity contribution in [1.82, 2.24) is 24.9 Å². The first-order valence-corrected chi connectivity index (χ1v) is 13.1. The number of urea groups is 1. The van der Waals surface area contributed by atoms with E-state index >= 15 is 0 Å². The number of amides is 5. The maximum absolute atomic E-state index is 13.3. The Morgan fingerprint density at radius 2 is 1.49 bits per heavy atom. The molecule has 3 saturated heterocycles. The number of carbonyl (C=O) groups excluding carboxylic acids is 4. The molecule has 0 bridgehead atoms. The van der Waals surface area contributed by atoms with Gasteiger partial charge in [-0.2, -0.15) is 0 Å². The molecule has 1 aliphatic carbocycles. The molecule has 4 rings (SSSR count). The van der Waals surface area contributed by atoms with Gasteiger partial charge in [-0.1, -0.05) is 27.2 Å². The van der Waals surface area contributed by atoms with Crippen LogP contribution in [0.2, 0.25) is 0 Å². The first-order valence-electron chi connectivity index (χ1n) is 13.1. The molecule has 0 aromatic rings. The number of imide groups is 1. The van der Waals surface area contributed by atoms with E-state index < -0.39 is 11.6 Å². The second-order valence-corrected chi connectivity index (χ2v) is 11.2. The summed E-state index contributed by atoms with van der Waals surface area (Å²) in [6.45, 7) is 11.4. The summed E-state index contributed by atoms with van der Waals surface area (Å²) >= 11 is 0. The molecule has 3 heterocycles. The molecule has 0 aromatic carbocycles. The minimum Gasteiger partial charge on any atom is -0.379 e. The van der Waals surface area contributed by atoms with Crippen molar-refractivity contribution >= 4 is 23.8 Å². The molecule has 0 radical (unpaired) electrons. The van der Waals surface area contributed by atoms with E-state index in [9.17, 15) is 19.2 Å². The van der Waals surface area contributed by atoms with Crippen molar-refractivity contribution in [2.75, 3.05) is 65.6 Å². The van der Waals surface area contributed by atoms with Gasteiger partial charge in [0.2, 0.25) is 11.8 Å². The standard InChI is InChI=1S/C25H41N5O5/c1-4-24(2,3)19-5-7-25(8-6-19)22(33)30(23(34)26-25)18-21(32)29-11-9-28(10-12-29)20(31)17-27-13-15-35-16-14-27/h19H,4-18H2,1-3H3,(H,26,34). The highest BCUT2D eigenvalue weighted by Crippen LogP contribution is 2.45. The molecule has 10 nitrogen and oxygen atoms in total. The molecule has 196 valence electrons. The number of ether oxygens (including phenoxy) is 1. The van der Waals surface area contributed by atoms with E-state index in [1.807, 2.05) is 0 Å². The lowest BCUT2D eigenvalue weighted by Crippen LogP contribution is -2.55. The number of nitrogens with zero attached hydrogens (tertiary/aromatic N) is 4. The van der Waals surface area contributed by atoms with Crippen LogP contribution in [0.1, 0.15) is 52.9 Å². The fourth-order valence-electron chi connectivity index (χ4n) is 5.83. The first kappa shape index (κ1) is 25.9. The van der Waals surface area contributed by atoms with Gasteiger partial charge in [-0.3, -0.25) is 24.2 Å². The van der Waals surface area contributed by atoms with Gasteiger partial charge in [-0.15, -0.1) is 0 Å². The van der Waals surface area contributed by atoms with Crippen LogP contribution in [0, 0.1) is 11.3 Å². The first-order chi connectivity index (χ1) is 16.6. The summed E-state index contributed by atoms with van der Waals surface area (Å²) in [5.41, 5.74) is -0.642. The van der Waals surface area contributed by atoms with E-state index in [4.69, 9.17) is 4.74 Å². The predicted octanol–water partition coefficient (Wildman–Crippen LogP) is 0.906. The average Bonchev–Trinajstić information content (AvgIpc) is 3.08. The molecule has 0 unspecified atom stereocenters. The summed E-state index contributed by atoms with van der Waals surface area (Å²) in [5, 5.41) is 2.93. The Hall–Kier alpha value is -2.20. The number of rotatable bonds is 6. The molecule has 4 fully saturated rings. The molecule has 1 saturated carbocycles. The minimum absolute atomic E-state index is 0.0666. The lowest BCUT2D eigenvalue weighted by atomic mass is 9.65. The van der Waals surface area contributed by atoms with Crippen molar-refractivity contribution in [3.63, 3.8) is 0 Å². The lowest BCUT2D eigenvalue weighted by molar-refractivity contribution is -0.143. The largest absolute Gasteiger partial charge is 0.379 e. The van der Waals surface area contributed by atoms with Crippen LogP contribution in [-0.4, -0.2) is 114 Å². The normalized spacial score (nSPS) is 28.5. The van der Waals surface area contributed by atoms with Gasteiger partial charge in [0, 0.05) is 39.3 Å². The zero-order chi connectivity index (χ0) is 25.2. The highest BCUT2D eigenvalue weighted by Gasteiger charge is 2.54. The second-order valence-electron chi connectivity index (χ2n) is 11.2. The number of piperazine rings is 1. The van der Waals surface area contributed by atoms with E-state index in [1.54, 1.807) is 9.80 Å². The summed E-state index contributed by atoms with van der Waals surface area (Å²) in [5.74, 6) is 0.0900. The van der Waals surface area contributed by atoms with Gasteiger partial charge in [-0.05, 0) is 37.0 Å². The minimum atomic E-state index is -0.859. The molecule has 4 aliphatic rings. The van der Waals surface area contributed by atoms with Crippen LogP contribution >= 0.6 is 0 Å².